The van der Waals surface area contributed by atoms with Gasteiger partial charge in [0.15, 0.2) is 5.78 Å². The Hall–Kier alpha value is -3.30. The summed E-state index contributed by atoms with van der Waals surface area (Å²) in [6, 6.07) is 11.5. The molecule has 0 heterocycles. The summed E-state index contributed by atoms with van der Waals surface area (Å²) in [6.07, 6.45) is 7.29. The van der Waals surface area contributed by atoms with Crippen LogP contribution in [0.5, 0.6) is 5.75 Å². The zero-order chi connectivity index (χ0) is 26.9. The van der Waals surface area contributed by atoms with Crippen LogP contribution in [0.3, 0.4) is 0 Å². The van der Waals surface area contributed by atoms with E-state index in [1.807, 2.05) is 12.1 Å². The predicted molar refractivity (Wildman–Crippen MR) is 140 cm³/mol. The minimum Gasteiger partial charge on any atom is -0.493 e. The summed E-state index contributed by atoms with van der Waals surface area (Å²) in [4.78, 5) is 34.1. The van der Waals surface area contributed by atoms with E-state index in [9.17, 15) is 18.8 Å². The lowest BCUT2D eigenvalue weighted by atomic mass is 10.0. The normalized spacial score (nSPS) is 10.6. The first-order valence-corrected chi connectivity index (χ1v) is 12.1. The first-order valence-electron chi connectivity index (χ1n) is 11.3. The number of para-hydroxylation sites is 1. The molecule has 2 aromatic carbocycles. The summed E-state index contributed by atoms with van der Waals surface area (Å²) in [5.41, 5.74) is 0.428. The molecule has 2 aromatic rings. The Bertz CT molecular complexity index is 1040. The number of ketones is 1. The molecule has 0 radical (unpaired) electrons. The first kappa shape index (κ1) is 30.7. The van der Waals surface area contributed by atoms with Gasteiger partial charge in [-0.3, -0.25) is 4.79 Å². The lowest BCUT2D eigenvalue weighted by molar-refractivity contribution is -0.134. The number of unbranched alkanes of at least 4 members (excludes halogenated alkanes) is 3. The number of carbonyl (C=O) groups excluding carboxylic acids is 1. The van der Waals surface area contributed by atoms with Crippen LogP contribution in [0.1, 0.15) is 41.6 Å². The van der Waals surface area contributed by atoms with Crippen molar-refractivity contribution in [1.82, 2.24) is 4.90 Å². The van der Waals surface area contributed by atoms with E-state index < -0.39 is 17.8 Å². The maximum absolute atomic E-state index is 14.1. The van der Waals surface area contributed by atoms with Crippen LogP contribution in [0.4, 0.5) is 4.39 Å². The number of rotatable bonds is 14. The lowest BCUT2D eigenvalue weighted by Gasteiger charge is -2.14. The lowest BCUT2D eigenvalue weighted by Crippen LogP contribution is -2.19. The Kier molecular flexibility index (Phi) is 14.7. The number of carbonyl (C=O) groups is 3. The van der Waals surface area contributed by atoms with Crippen molar-refractivity contribution in [2.75, 3.05) is 26.7 Å². The number of aliphatic carboxylic acids is 2. The van der Waals surface area contributed by atoms with Crippen molar-refractivity contribution in [2.24, 2.45) is 0 Å². The Labute approximate surface area is 219 Å². The molecule has 0 aromatic heterocycles. The van der Waals surface area contributed by atoms with Crippen LogP contribution in [0, 0.1) is 5.82 Å². The van der Waals surface area contributed by atoms with Gasteiger partial charge in [0, 0.05) is 23.2 Å². The molecule has 2 N–H and O–H groups in total. The van der Waals surface area contributed by atoms with Gasteiger partial charge in [-0.1, -0.05) is 47.0 Å². The van der Waals surface area contributed by atoms with Crippen molar-refractivity contribution in [3.63, 3.8) is 0 Å². The van der Waals surface area contributed by atoms with Gasteiger partial charge >= 0.3 is 11.9 Å². The monoisotopic (exact) mass is 563 g/mol. The number of nitrogens with zero attached hydrogens (tertiary/aromatic N) is 1. The highest BCUT2D eigenvalue weighted by molar-refractivity contribution is 9.10. The average Bonchev–Trinajstić information content (AvgIpc) is 2.82. The highest BCUT2D eigenvalue weighted by Crippen LogP contribution is 2.24. The molecule has 9 heteroatoms. The smallest absolute Gasteiger partial charge is 0.328 e. The number of benzene rings is 2. The second-order valence-electron chi connectivity index (χ2n) is 7.77. The number of carboxylic acids is 2. The first-order chi connectivity index (χ1) is 17.1. The number of ether oxygens (including phenoxy) is 1. The van der Waals surface area contributed by atoms with Crippen LogP contribution in [0.25, 0.3) is 0 Å². The summed E-state index contributed by atoms with van der Waals surface area (Å²) >= 11 is 3.21. The van der Waals surface area contributed by atoms with Crippen molar-refractivity contribution < 1.29 is 33.7 Å². The summed E-state index contributed by atoms with van der Waals surface area (Å²) in [5, 5.41) is 15.6. The standard InChI is InChI=1S/C23H27BrFNO2.C4H4O4/c1-3-14-26(2)15-8-4-5-9-16-28-22-11-7-6-10-20(22)23(27)19-13-12-18(24)17-21(19)25;5-3(6)1-2-4(7)8/h3,6-7,10-13,17H,1,4-5,8-9,14-16H2,2H3;1-2H,(H,5,6)(H,7,8)/b;2-1+. The zero-order valence-electron chi connectivity index (χ0n) is 20.2. The van der Waals surface area contributed by atoms with Crippen LogP contribution in [-0.2, 0) is 9.59 Å². The molecule has 0 spiro atoms. The molecule has 0 unspecified atom stereocenters. The van der Waals surface area contributed by atoms with Crippen LogP contribution < -0.4 is 4.74 Å². The van der Waals surface area contributed by atoms with E-state index in [4.69, 9.17) is 14.9 Å². The quantitative estimate of drug-likeness (QED) is 0.134. The van der Waals surface area contributed by atoms with Crippen molar-refractivity contribution in [2.45, 2.75) is 25.7 Å². The second-order valence-corrected chi connectivity index (χ2v) is 8.69. The topological polar surface area (TPSA) is 104 Å². The van der Waals surface area contributed by atoms with E-state index in [0.717, 1.165) is 38.8 Å². The fourth-order valence-corrected chi connectivity index (χ4v) is 3.41. The third-order valence-corrected chi connectivity index (χ3v) is 5.30. The average molecular weight is 564 g/mol. The van der Waals surface area contributed by atoms with Gasteiger partial charge in [0.1, 0.15) is 11.6 Å². The van der Waals surface area contributed by atoms with Crippen LogP contribution >= 0.6 is 15.9 Å². The van der Waals surface area contributed by atoms with Crippen LogP contribution in [-0.4, -0.2) is 59.6 Å². The third kappa shape index (κ3) is 12.4. The van der Waals surface area contributed by atoms with E-state index in [1.54, 1.807) is 24.3 Å². The Morgan fingerprint density at radius 3 is 2.25 bits per heavy atom. The Morgan fingerprint density at radius 2 is 1.64 bits per heavy atom. The number of carboxylic acid groups (broad SMARTS) is 2. The van der Waals surface area contributed by atoms with Gasteiger partial charge < -0.3 is 19.8 Å². The SMILES string of the molecule is C=CCN(C)CCCCCCOc1ccccc1C(=O)c1ccc(Br)cc1F.O=C(O)/C=C/C(=O)O. The predicted octanol–water partition coefficient (Wildman–Crippen LogP) is 5.59. The van der Waals surface area contributed by atoms with E-state index in [2.05, 4.69) is 34.5 Å². The molecule has 0 bridgehead atoms. The van der Waals surface area contributed by atoms with E-state index >= 15 is 0 Å². The molecule has 7 nitrogen and oxygen atoms in total. The highest BCUT2D eigenvalue weighted by Gasteiger charge is 2.18. The summed E-state index contributed by atoms with van der Waals surface area (Å²) in [7, 11) is 2.09. The van der Waals surface area contributed by atoms with Crippen LogP contribution in [0.15, 0.2) is 71.7 Å². The number of hydrogen-bond donors (Lipinski definition) is 2. The summed E-state index contributed by atoms with van der Waals surface area (Å²) in [6.45, 7) is 6.25. The molecular formula is C27H31BrFNO6. The van der Waals surface area contributed by atoms with Crippen LogP contribution in [0.2, 0.25) is 0 Å². The van der Waals surface area contributed by atoms with Crippen molar-refractivity contribution in [3.8, 4) is 5.75 Å². The highest BCUT2D eigenvalue weighted by atomic mass is 79.9. The molecule has 36 heavy (non-hydrogen) atoms. The fraction of sp³-hybridized carbons (Fsp3) is 0.296. The van der Waals surface area contributed by atoms with Gasteiger partial charge in [-0.05, 0) is 56.8 Å². The van der Waals surface area contributed by atoms with E-state index in [1.165, 1.54) is 12.1 Å². The maximum atomic E-state index is 14.1. The van der Waals surface area contributed by atoms with Gasteiger partial charge in [-0.25, -0.2) is 14.0 Å². The molecule has 0 atom stereocenters. The molecule has 0 aliphatic rings. The Morgan fingerprint density at radius 1 is 1.00 bits per heavy atom. The summed E-state index contributed by atoms with van der Waals surface area (Å²) in [5.74, 6) is -2.93. The molecule has 0 saturated heterocycles. The molecular weight excluding hydrogens is 533 g/mol. The summed E-state index contributed by atoms with van der Waals surface area (Å²) < 4.78 is 20.6. The number of hydrogen-bond acceptors (Lipinski definition) is 5. The second kappa shape index (κ2) is 17.2. The van der Waals surface area contributed by atoms with Gasteiger partial charge in [-0.2, -0.15) is 0 Å². The maximum Gasteiger partial charge on any atom is 0.328 e. The van der Waals surface area contributed by atoms with Gasteiger partial charge in [0.2, 0.25) is 0 Å². The largest absolute Gasteiger partial charge is 0.493 e. The molecule has 194 valence electrons. The van der Waals surface area contributed by atoms with Gasteiger partial charge in [0.05, 0.1) is 17.7 Å². The zero-order valence-corrected chi connectivity index (χ0v) is 21.7. The van der Waals surface area contributed by atoms with E-state index in [0.29, 0.717) is 34.5 Å². The van der Waals surface area contributed by atoms with Crippen molar-refractivity contribution >= 4 is 33.7 Å². The number of halogens is 2. The van der Waals surface area contributed by atoms with Crippen molar-refractivity contribution in [3.05, 3.63) is 88.7 Å². The molecule has 0 saturated carbocycles. The van der Waals surface area contributed by atoms with Gasteiger partial charge in [0.25, 0.3) is 0 Å². The molecule has 0 amide bonds. The molecule has 2 rings (SSSR count). The van der Waals surface area contributed by atoms with Gasteiger partial charge in [-0.15, -0.1) is 6.58 Å². The molecule has 0 aliphatic carbocycles. The third-order valence-electron chi connectivity index (χ3n) is 4.81. The Balaban J connectivity index is 0.000000697. The molecule has 0 fully saturated rings. The minimum atomic E-state index is -1.26. The minimum absolute atomic E-state index is 0.0443. The fourth-order valence-electron chi connectivity index (χ4n) is 3.07. The van der Waals surface area contributed by atoms with E-state index in [-0.39, 0.29) is 11.3 Å². The van der Waals surface area contributed by atoms with Crippen molar-refractivity contribution in [1.29, 1.82) is 0 Å². The molecule has 0 aliphatic heterocycles. The number of likely N-dealkylation sites (N-methyl/N-ethyl adjacent to an activating group) is 1.